The first-order valence-electron chi connectivity index (χ1n) is 6.37. The highest BCUT2D eigenvalue weighted by Crippen LogP contribution is 2.33. The molecule has 0 heterocycles. The Morgan fingerprint density at radius 1 is 1.26 bits per heavy atom. The van der Waals surface area contributed by atoms with Gasteiger partial charge in [-0.1, -0.05) is 42.3 Å². The van der Waals surface area contributed by atoms with E-state index in [-0.39, 0.29) is 17.5 Å². The highest BCUT2D eigenvalue weighted by Gasteiger charge is 2.27. The fourth-order valence-electron chi connectivity index (χ4n) is 2.39. The molecule has 0 spiro atoms. The molecule has 0 amide bonds. The van der Waals surface area contributed by atoms with Crippen LogP contribution in [0.2, 0.25) is 0 Å². The van der Waals surface area contributed by atoms with Crippen LogP contribution in [0.3, 0.4) is 0 Å². The van der Waals surface area contributed by atoms with Gasteiger partial charge in [-0.25, -0.2) is 0 Å². The molecule has 0 bridgehead atoms. The summed E-state index contributed by atoms with van der Waals surface area (Å²) in [7, 11) is 0. The summed E-state index contributed by atoms with van der Waals surface area (Å²) in [4.78, 5) is 12.1. The third kappa shape index (κ3) is 2.95. The van der Waals surface area contributed by atoms with Crippen molar-refractivity contribution in [2.75, 3.05) is 0 Å². The molecule has 2 rings (SSSR count). The molecule has 0 saturated carbocycles. The third-order valence-corrected chi connectivity index (χ3v) is 3.28. The quantitative estimate of drug-likeness (QED) is 0.836. The van der Waals surface area contributed by atoms with Crippen LogP contribution in [-0.4, -0.2) is 10.9 Å². The summed E-state index contributed by atoms with van der Waals surface area (Å²) in [5.74, 6) is 2.40. The zero-order valence-electron chi connectivity index (χ0n) is 10.7. The molecule has 2 heteroatoms. The molecule has 1 atom stereocenters. The lowest BCUT2D eigenvalue weighted by Gasteiger charge is -2.21. The van der Waals surface area contributed by atoms with E-state index in [1.807, 2.05) is 30.3 Å². The lowest BCUT2D eigenvalue weighted by Crippen LogP contribution is -2.17. The van der Waals surface area contributed by atoms with E-state index < -0.39 is 0 Å². The van der Waals surface area contributed by atoms with Crippen LogP contribution >= 0.6 is 0 Å². The van der Waals surface area contributed by atoms with Gasteiger partial charge in [0.25, 0.3) is 0 Å². The first kappa shape index (κ1) is 13.2. The summed E-state index contributed by atoms with van der Waals surface area (Å²) in [6, 6.07) is 9.62. The second-order valence-electron chi connectivity index (χ2n) is 4.55. The van der Waals surface area contributed by atoms with E-state index in [1.54, 1.807) is 12.2 Å². The Morgan fingerprint density at radius 2 is 2.00 bits per heavy atom. The van der Waals surface area contributed by atoms with Gasteiger partial charge < -0.3 is 5.11 Å². The van der Waals surface area contributed by atoms with Crippen molar-refractivity contribution in [1.82, 2.24) is 0 Å². The van der Waals surface area contributed by atoms with Gasteiger partial charge in [0, 0.05) is 24.3 Å². The third-order valence-electron chi connectivity index (χ3n) is 3.28. The molecule has 1 aromatic rings. The van der Waals surface area contributed by atoms with Gasteiger partial charge in [0.2, 0.25) is 0 Å². The molecule has 0 aromatic heterocycles. The Balaban J connectivity index is 2.47. The normalized spacial score (nSPS) is 17.5. The van der Waals surface area contributed by atoms with Gasteiger partial charge in [-0.05, 0) is 18.1 Å². The Labute approximate surface area is 113 Å². The highest BCUT2D eigenvalue weighted by atomic mass is 16.3. The molecule has 1 unspecified atom stereocenters. The fraction of sp³-hybridized carbons (Fsp3) is 0.235. The zero-order valence-corrected chi connectivity index (χ0v) is 10.7. The van der Waals surface area contributed by atoms with Crippen molar-refractivity contribution in [3.8, 4) is 12.3 Å². The maximum atomic E-state index is 12.1. The number of carbonyl (C=O) groups excluding carboxylic acids is 1. The summed E-state index contributed by atoms with van der Waals surface area (Å²) in [6.45, 7) is 0. The summed E-state index contributed by atoms with van der Waals surface area (Å²) in [5, 5.41) is 10.0. The average Bonchev–Trinajstić information content (AvgIpc) is 2.43. The molecule has 96 valence electrons. The number of carbonyl (C=O) groups is 1. The lowest BCUT2D eigenvalue weighted by molar-refractivity contribution is -0.116. The monoisotopic (exact) mass is 252 g/mol. The van der Waals surface area contributed by atoms with Gasteiger partial charge in [0.1, 0.15) is 0 Å². The average molecular weight is 252 g/mol. The van der Waals surface area contributed by atoms with Gasteiger partial charge in [-0.3, -0.25) is 4.79 Å². The largest absolute Gasteiger partial charge is 0.512 e. The summed E-state index contributed by atoms with van der Waals surface area (Å²) >= 11 is 0. The summed E-state index contributed by atoms with van der Waals surface area (Å²) < 4.78 is 0. The minimum Gasteiger partial charge on any atom is -0.512 e. The number of ketones is 1. The Kier molecular flexibility index (Phi) is 4.20. The van der Waals surface area contributed by atoms with Crippen molar-refractivity contribution in [3.63, 3.8) is 0 Å². The van der Waals surface area contributed by atoms with Gasteiger partial charge in [-0.15, -0.1) is 6.42 Å². The maximum Gasteiger partial charge on any atom is 0.163 e. The van der Waals surface area contributed by atoms with Crippen molar-refractivity contribution in [1.29, 1.82) is 0 Å². The highest BCUT2D eigenvalue weighted by molar-refractivity contribution is 5.98. The van der Waals surface area contributed by atoms with Crippen LogP contribution in [0.1, 0.15) is 30.7 Å². The standard InChI is InChI=1S/C17H16O2/c1-2-3-10-14(13-8-5-4-6-9-13)17-15(18)11-7-12-16(17)19/h1,3-6,8-10,14,18H,7,11-12H2/b10-3+. The summed E-state index contributed by atoms with van der Waals surface area (Å²) in [6.07, 6.45) is 10.4. The van der Waals surface area contributed by atoms with Crippen molar-refractivity contribution in [2.24, 2.45) is 0 Å². The summed E-state index contributed by atoms with van der Waals surface area (Å²) in [5.41, 5.74) is 1.45. The number of terminal acetylenes is 1. The molecule has 19 heavy (non-hydrogen) atoms. The first-order chi connectivity index (χ1) is 9.24. The fourth-order valence-corrected chi connectivity index (χ4v) is 2.39. The van der Waals surface area contributed by atoms with Crippen LogP contribution in [0.15, 0.2) is 53.8 Å². The predicted octanol–water partition coefficient (Wildman–Crippen LogP) is 3.52. The van der Waals surface area contributed by atoms with Crippen molar-refractivity contribution < 1.29 is 9.90 Å². The van der Waals surface area contributed by atoms with E-state index >= 15 is 0 Å². The molecular weight excluding hydrogens is 236 g/mol. The maximum absolute atomic E-state index is 12.1. The van der Waals surface area contributed by atoms with E-state index in [0.29, 0.717) is 24.8 Å². The molecule has 0 radical (unpaired) electrons. The van der Waals surface area contributed by atoms with E-state index in [9.17, 15) is 9.90 Å². The van der Waals surface area contributed by atoms with Crippen LogP contribution in [0.25, 0.3) is 0 Å². The molecule has 0 aliphatic heterocycles. The molecule has 2 nitrogen and oxygen atoms in total. The number of allylic oxidation sites excluding steroid dienone is 4. The van der Waals surface area contributed by atoms with E-state index in [2.05, 4.69) is 5.92 Å². The Hall–Kier alpha value is -2.27. The molecule has 1 aromatic carbocycles. The number of aliphatic hydroxyl groups excluding tert-OH is 1. The van der Waals surface area contributed by atoms with Crippen LogP contribution < -0.4 is 0 Å². The molecule has 0 saturated heterocycles. The van der Waals surface area contributed by atoms with Crippen LogP contribution in [0.5, 0.6) is 0 Å². The van der Waals surface area contributed by atoms with E-state index in [4.69, 9.17) is 6.42 Å². The number of Topliss-reactive ketones (excluding diaryl/α,β-unsaturated/α-hetero) is 1. The SMILES string of the molecule is C#C/C=C/C(C1=C(O)CCCC1=O)c1ccccc1. The van der Waals surface area contributed by atoms with Crippen LogP contribution in [0, 0.1) is 12.3 Å². The second kappa shape index (κ2) is 6.06. The number of hydrogen-bond acceptors (Lipinski definition) is 2. The Morgan fingerprint density at radius 3 is 2.63 bits per heavy atom. The van der Waals surface area contributed by atoms with Gasteiger partial charge in [0.15, 0.2) is 5.78 Å². The number of benzene rings is 1. The van der Waals surface area contributed by atoms with E-state index in [1.165, 1.54) is 0 Å². The van der Waals surface area contributed by atoms with Crippen molar-refractivity contribution in [3.05, 3.63) is 59.4 Å². The number of aliphatic hydroxyl groups is 1. The number of rotatable bonds is 3. The van der Waals surface area contributed by atoms with Crippen molar-refractivity contribution in [2.45, 2.75) is 25.2 Å². The minimum absolute atomic E-state index is 0.0132. The van der Waals surface area contributed by atoms with E-state index in [0.717, 1.165) is 5.56 Å². The predicted molar refractivity (Wildman–Crippen MR) is 75.7 cm³/mol. The van der Waals surface area contributed by atoms with Crippen LogP contribution in [0.4, 0.5) is 0 Å². The Bertz CT molecular complexity index is 559. The zero-order chi connectivity index (χ0) is 13.7. The minimum atomic E-state index is -0.259. The molecular formula is C17H16O2. The second-order valence-corrected chi connectivity index (χ2v) is 4.55. The topological polar surface area (TPSA) is 37.3 Å². The van der Waals surface area contributed by atoms with Crippen LogP contribution in [-0.2, 0) is 4.79 Å². The number of hydrogen-bond donors (Lipinski definition) is 1. The van der Waals surface area contributed by atoms with Crippen molar-refractivity contribution >= 4 is 5.78 Å². The molecule has 1 N–H and O–H groups in total. The van der Waals surface area contributed by atoms with Gasteiger partial charge in [0.05, 0.1) is 5.76 Å². The smallest absolute Gasteiger partial charge is 0.163 e. The molecule has 1 aliphatic rings. The lowest BCUT2D eigenvalue weighted by atomic mass is 9.82. The first-order valence-corrected chi connectivity index (χ1v) is 6.37. The van der Waals surface area contributed by atoms with Gasteiger partial charge >= 0.3 is 0 Å². The molecule has 1 aliphatic carbocycles. The molecule has 0 fully saturated rings. The van der Waals surface area contributed by atoms with Gasteiger partial charge in [-0.2, -0.15) is 0 Å².